The van der Waals surface area contributed by atoms with Crippen LogP contribution in [0.5, 0.6) is 0 Å². The smallest absolute Gasteiger partial charge is 0.344 e. The maximum Gasteiger partial charge on any atom is 0.344 e. The first kappa shape index (κ1) is 15.0. The van der Waals surface area contributed by atoms with Gasteiger partial charge in [-0.05, 0) is 12.5 Å². The third-order valence-corrected chi connectivity index (χ3v) is 2.83. The van der Waals surface area contributed by atoms with Gasteiger partial charge in [0.1, 0.15) is 5.57 Å². The molecule has 4 nitrogen and oxygen atoms in total. The van der Waals surface area contributed by atoms with Gasteiger partial charge >= 0.3 is 11.9 Å². The Labute approximate surface area is 113 Å². The van der Waals surface area contributed by atoms with Crippen LogP contribution in [0.25, 0.3) is 0 Å². The summed E-state index contributed by atoms with van der Waals surface area (Å²) in [7, 11) is 2.46. The number of benzene rings is 1. The molecule has 0 aliphatic carbocycles. The quantitative estimate of drug-likeness (QED) is 0.362. The molecule has 19 heavy (non-hydrogen) atoms. The summed E-state index contributed by atoms with van der Waals surface area (Å²) < 4.78 is 9.17. The van der Waals surface area contributed by atoms with E-state index in [9.17, 15) is 9.59 Å². The van der Waals surface area contributed by atoms with E-state index in [0.29, 0.717) is 0 Å². The molecule has 0 unspecified atom stereocenters. The molecule has 0 radical (unpaired) electrons. The van der Waals surface area contributed by atoms with Gasteiger partial charge in [0.05, 0.1) is 14.2 Å². The number of carbonyl (C=O) groups is 2. The summed E-state index contributed by atoms with van der Waals surface area (Å²) in [6, 6.07) is 7.89. The molecule has 1 atom stereocenters. The van der Waals surface area contributed by atoms with Crippen molar-refractivity contribution in [3.05, 3.63) is 47.0 Å². The highest BCUT2D eigenvalue weighted by Crippen LogP contribution is 2.19. The van der Waals surface area contributed by atoms with Crippen LogP contribution in [0.1, 0.15) is 24.0 Å². The zero-order chi connectivity index (χ0) is 14.4. The molecule has 0 saturated heterocycles. The third kappa shape index (κ3) is 3.95. The zero-order valence-electron chi connectivity index (χ0n) is 11.6. The van der Waals surface area contributed by atoms with Crippen LogP contribution in [-0.4, -0.2) is 26.2 Å². The number of hydrogen-bond acceptors (Lipinski definition) is 4. The van der Waals surface area contributed by atoms with Gasteiger partial charge in [0.2, 0.25) is 0 Å². The fourth-order valence-electron chi connectivity index (χ4n) is 1.66. The van der Waals surface area contributed by atoms with Crippen molar-refractivity contribution in [1.82, 2.24) is 0 Å². The molecule has 0 aromatic heterocycles. The molecule has 0 bridgehead atoms. The SMILES string of the molecule is COC(=O)C(=C[C@H](C)c1ccc(C)cc1)C(=O)OC. The van der Waals surface area contributed by atoms with Crippen molar-refractivity contribution in [3.8, 4) is 0 Å². The fraction of sp³-hybridized carbons (Fsp3) is 0.333. The Balaban J connectivity index is 3.04. The van der Waals surface area contributed by atoms with Crippen LogP contribution in [-0.2, 0) is 19.1 Å². The van der Waals surface area contributed by atoms with Crippen molar-refractivity contribution in [3.63, 3.8) is 0 Å². The number of hydrogen-bond donors (Lipinski definition) is 0. The van der Waals surface area contributed by atoms with Crippen LogP contribution >= 0.6 is 0 Å². The van der Waals surface area contributed by atoms with Gasteiger partial charge in [-0.25, -0.2) is 9.59 Å². The third-order valence-electron chi connectivity index (χ3n) is 2.83. The second-order valence-electron chi connectivity index (χ2n) is 4.26. The highest BCUT2D eigenvalue weighted by molar-refractivity contribution is 6.14. The largest absolute Gasteiger partial charge is 0.465 e. The highest BCUT2D eigenvalue weighted by atomic mass is 16.5. The molecule has 1 aromatic carbocycles. The molecule has 0 amide bonds. The van der Waals surface area contributed by atoms with Gasteiger partial charge < -0.3 is 9.47 Å². The summed E-state index contributed by atoms with van der Waals surface area (Å²) in [6.07, 6.45) is 1.56. The minimum Gasteiger partial charge on any atom is -0.465 e. The average molecular weight is 262 g/mol. The van der Waals surface area contributed by atoms with Crippen LogP contribution < -0.4 is 0 Å². The second kappa shape index (κ2) is 6.73. The van der Waals surface area contributed by atoms with Gasteiger partial charge in [-0.15, -0.1) is 0 Å². The molecule has 4 heteroatoms. The summed E-state index contributed by atoms with van der Waals surface area (Å²) in [6.45, 7) is 3.90. The molecule has 0 N–H and O–H groups in total. The number of rotatable bonds is 4. The van der Waals surface area contributed by atoms with E-state index in [-0.39, 0.29) is 11.5 Å². The molecule has 1 aromatic rings. The normalized spacial score (nSPS) is 11.4. The summed E-state index contributed by atoms with van der Waals surface area (Å²) in [5.41, 5.74) is 2.08. The van der Waals surface area contributed by atoms with Crippen LogP contribution in [0.3, 0.4) is 0 Å². The maximum absolute atomic E-state index is 11.5. The molecule has 0 heterocycles. The molecule has 0 fully saturated rings. The van der Waals surface area contributed by atoms with Crippen molar-refractivity contribution in [1.29, 1.82) is 0 Å². The summed E-state index contributed by atoms with van der Waals surface area (Å²) in [4.78, 5) is 23.1. The van der Waals surface area contributed by atoms with E-state index in [4.69, 9.17) is 0 Å². The Hall–Kier alpha value is -2.10. The molecule has 0 aliphatic rings. The van der Waals surface area contributed by atoms with Gasteiger partial charge in [0.15, 0.2) is 0 Å². The predicted molar refractivity (Wildman–Crippen MR) is 71.7 cm³/mol. The first-order valence-electron chi connectivity index (χ1n) is 5.94. The average Bonchev–Trinajstić information content (AvgIpc) is 2.43. The number of methoxy groups -OCH3 is 2. The Morgan fingerprint density at radius 1 is 1.05 bits per heavy atom. The minimum atomic E-state index is -0.689. The lowest BCUT2D eigenvalue weighted by Gasteiger charge is -2.10. The highest BCUT2D eigenvalue weighted by Gasteiger charge is 2.20. The Kier molecular flexibility index (Phi) is 5.30. The number of aryl methyl sites for hydroxylation is 1. The van der Waals surface area contributed by atoms with Gasteiger partial charge in [-0.2, -0.15) is 0 Å². The lowest BCUT2D eigenvalue weighted by atomic mass is 9.97. The Morgan fingerprint density at radius 2 is 1.53 bits per heavy atom. The first-order valence-corrected chi connectivity index (χ1v) is 5.94. The minimum absolute atomic E-state index is 0.0851. The Bertz CT molecular complexity index is 467. The van der Waals surface area contributed by atoms with E-state index in [2.05, 4.69) is 9.47 Å². The number of carbonyl (C=O) groups excluding carboxylic acids is 2. The van der Waals surface area contributed by atoms with E-state index in [1.165, 1.54) is 14.2 Å². The van der Waals surface area contributed by atoms with E-state index in [1.54, 1.807) is 6.08 Å². The van der Waals surface area contributed by atoms with E-state index in [1.807, 2.05) is 38.1 Å². The van der Waals surface area contributed by atoms with Gasteiger partial charge in [-0.1, -0.05) is 42.8 Å². The monoisotopic (exact) mass is 262 g/mol. The Morgan fingerprint density at radius 3 is 1.95 bits per heavy atom. The van der Waals surface area contributed by atoms with Crippen LogP contribution in [0.15, 0.2) is 35.9 Å². The molecule has 0 spiro atoms. The molecular formula is C15H18O4. The van der Waals surface area contributed by atoms with Gasteiger partial charge in [0, 0.05) is 5.92 Å². The lowest BCUT2D eigenvalue weighted by molar-refractivity contribution is -0.144. The summed E-state index contributed by atoms with van der Waals surface area (Å²) >= 11 is 0. The number of ether oxygens (including phenoxy) is 2. The lowest BCUT2D eigenvalue weighted by Crippen LogP contribution is -2.16. The zero-order valence-corrected chi connectivity index (χ0v) is 11.6. The standard InChI is InChI=1S/C15H18O4/c1-10-5-7-12(8-6-10)11(2)9-13(14(16)18-3)15(17)19-4/h5-9,11H,1-4H3/t11-/m0/s1. The van der Waals surface area contributed by atoms with Gasteiger partial charge in [-0.3, -0.25) is 0 Å². The van der Waals surface area contributed by atoms with Crippen molar-refractivity contribution < 1.29 is 19.1 Å². The topological polar surface area (TPSA) is 52.6 Å². The molecule has 102 valence electrons. The van der Waals surface area contributed by atoms with Crippen molar-refractivity contribution in [2.45, 2.75) is 19.8 Å². The first-order chi connectivity index (χ1) is 8.99. The number of allylic oxidation sites excluding steroid dienone is 1. The summed E-state index contributed by atoms with van der Waals surface area (Å²) in [5.74, 6) is -1.47. The van der Waals surface area contributed by atoms with Crippen molar-refractivity contribution in [2.75, 3.05) is 14.2 Å². The number of esters is 2. The molecular weight excluding hydrogens is 244 g/mol. The second-order valence-corrected chi connectivity index (χ2v) is 4.26. The van der Waals surface area contributed by atoms with E-state index >= 15 is 0 Å². The molecule has 0 saturated carbocycles. The van der Waals surface area contributed by atoms with Crippen LogP contribution in [0.2, 0.25) is 0 Å². The molecule has 0 aliphatic heterocycles. The molecule has 1 rings (SSSR count). The van der Waals surface area contributed by atoms with E-state index in [0.717, 1.165) is 11.1 Å². The fourth-order valence-corrected chi connectivity index (χ4v) is 1.66. The van der Waals surface area contributed by atoms with Gasteiger partial charge in [0.25, 0.3) is 0 Å². The maximum atomic E-state index is 11.5. The summed E-state index contributed by atoms with van der Waals surface area (Å²) in [5, 5.41) is 0. The van der Waals surface area contributed by atoms with Crippen molar-refractivity contribution >= 4 is 11.9 Å². The van der Waals surface area contributed by atoms with E-state index < -0.39 is 11.9 Å². The predicted octanol–water partition coefficient (Wildman–Crippen LogP) is 2.37. The van der Waals surface area contributed by atoms with Crippen LogP contribution in [0, 0.1) is 6.92 Å². The van der Waals surface area contributed by atoms with Crippen molar-refractivity contribution in [2.24, 2.45) is 0 Å². The van der Waals surface area contributed by atoms with Crippen LogP contribution in [0.4, 0.5) is 0 Å².